The van der Waals surface area contributed by atoms with Crippen molar-refractivity contribution < 1.29 is 9.13 Å². The van der Waals surface area contributed by atoms with Crippen LogP contribution in [0.3, 0.4) is 0 Å². The van der Waals surface area contributed by atoms with Crippen molar-refractivity contribution in [3.63, 3.8) is 0 Å². The molecule has 4 aromatic rings. The zero-order chi connectivity index (χ0) is 22.7. The fourth-order valence-electron chi connectivity index (χ4n) is 3.24. The third kappa shape index (κ3) is 5.14. The maximum atomic E-state index is 13.3. The predicted molar refractivity (Wildman–Crippen MR) is 128 cm³/mol. The molecule has 4 rings (SSSR count). The van der Waals surface area contributed by atoms with Crippen molar-refractivity contribution in [2.24, 2.45) is 0 Å². The highest BCUT2D eigenvalue weighted by Gasteiger charge is 2.20. The summed E-state index contributed by atoms with van der Waals surface area (Å²) in [5.41, 5.74) is 3.36. The van der Waals surface area contributed by atoms with E-state index in [9.17, 15) is 4.39 Å². The molecule has 9 heteroatoms. The molecule has 1 unspecified atom stereocenters. The van der Waals surface area contributed by atoms with Crippen molar-refractivity contribution in [1.82, 2.24) is 19.7 Å². The molecule has 0 saturated heterocycles. The molecule has 5 nitrogen and oxygen atoms in total. The molecule has 0 fully saturated rings. The predicted octanol–water partition coefficient (Wildman–Crippen LogP) is 6.95. The van der Waals surface area contributed by atoms with Crippen molar-refractivity contribution in [3.05, 3.63) is 75.8 Å². The van der Waals surface area contributed by atoms with Crippen LogP contribution in [-0.2, 0) is 12.3 Å². The SMILES string of the molecule is CCn1c(SCc2csc(-c3cccc(C)c3)n2)nnc1C(C)Oc1ccc(F)cc1Cl. The number of hydrogen-bond donors (Lipinski definition) is 0. The Morgan fingerprint density at radius 3 is 2.81 bits per heavy atom. The van der Waals surface area contributed by atoms with Crippen molar-refractivity contribution >= 4 is 34.7 Å². The van der Waals surface area contributed by atoms with Gasteiger partial charge in [-0.05, 0) is 45.0 Å². The van der Waals surface area contributed by atoms with Gasteiger partial charge in [0, 0.05) is 23.2 Å². The van der Waals surface area contributed by atoms with E-state index in [1.54, 1.807) is 23.1 Å². The number of halogens is 2. The summed E-state index contributed by atoms with van der Waals surface area (Å²) >= 11 is 9.33. The summed E-state index contributed by atoms with van der Waals surface area (Å²) in [7, 11) is 0. The first kappa shape index (κ1) is 22.8. The van der Waals surface area contributed by atoms with Gasteiger partial charge in [-0.1, -0.05) is 47.1 Å². The van der Waals surface area contributed by atoms with E-state index >= 15 is 0 Å². The first-order valence-electron chi connectivity index (χ1n) is 10.1. The van der Waals surface area contributed by atoms with Gasteiger partial charge in [-0.3, -0.25) is 0 Å². The summed E-state index contributed by atoms with van der Waals surface area (Å²) in [5.74, 6) is 1.39. The van der Waals surface area contributed by atoms with E-state index in [1.807, 2.05) is 24.5 Å². The lowest BCUT2D eigenvalue weighted by Gasteiger charge is -2.16. The van der Waals surface area contributed by atoms with E-state index in [1.165, 1.54) is 23.8 Å². The van der Waals surface area contributed by atoms with Gasteiger partial charge in [0.25, 0.3) is 0 Å². The first-order valence-corrected chi connectivity index (χ1v) is 12.4. The standard InChI is InChI=1S/C23H22ClFN4OS2/c1-4-29-21(15(3)30-20-9-8-17(25)11-19(20)24)27-28-23(29)32-13-18-12-31-22(26-18)16-7-5-6-14(2)10-16/h5-12,15H,4,13H2,1-3H3. The van der Waals surface area contributed by atoms with Gasteiger partial charge in [-0.15, -0.1) is 21.5 Å². The molecule has 32 heavy (non-hydrogen) atoms. The Balaban J connectivity index is 1.45. The summed E-state index contributed by atoms with van der Waals surface area (Å²) < 4.78 is 21.2. The zero-order valence-electron chi connectivity index (χ0n) is 17.9. The Morgan fingerprint density at radius 2 is 2.06 bits per heavy atom. The number of hydrogen-bond acceptors (Lipinski definition) is 6. The third-order valence-electron chi connectivity index (χ3n) is 4.79. The van der Waals surface area contributed by atoms with Crippen LogP contribution in [0.1, 0.15) is 37.0 Å². The van der Waals surface area contributed by atoms with Crippen LogP contribution in [0, 0.1) is 12.7 Å². The Hall–Kier alpha value is -2.42. The topological polar surface area (TPSA) is 52.8 Å². The minimum Gasteiger partial charge on any atom is -0.481 e. The second-order valence-corrected chi connectivity index (χ2v) is 9.43. The first-order chi connectivity index (χ1) is 15.4. The van der Waals surface area contributed by atoms with Crippen LogP contribution in [0.4, 0.5) is 4.39 Å². The molecular formula is C23H22ClFN4OS2. The maximum Gasteiger partial charge on any atom is 0.191 e. The summed E-state index contributed by atoms with van der Waals surface area (Å²) in [6.45, 7) is 6.69. The fraction of sp³-hybridized carbons (Fsp3) is 0.261. The third-order valence-corrected chi connectivity index (χ3v) is 7.02. The molecule has 166 valence electrons. The molecule has 0 aliphatic carbocycles. The van der Waals surface area contributed by atoms with Crippen molar-refractivity contribution in [2.45, 2.75) is 44.3 Å². The van der Waals surface area contributed by atoms with Crippen LogP contribution in [0.2, 0.25) is 5.02 Å². The fourth-order valence-corrected chi connectivity index (χ4v) is 5.28. The van der Waals surface area contributed by atoms with Crippen molar-refractivity contribution in [3.8, 4) is 16.3 Å². The molecule has 0 aliphatic rings. The van der Waals surface area contributed by atoms with Gasteiger partial charge in [0.2, 0.25) is 0 Å². The van der Waals surface area contributed by atoms with Crippen LogP contribution in [0.25, 0.3) is 10.6 Å². The Labute approximate surface area is 199 Å². The molecule has 1 atom stereocenters. The van der Waals surface area contributed by atoms with Crippen LogP contribution < -0.4 is 4.74 Å². The molecule has 0 saturated carbocycles. The maximum absolute atomic E-state index is 13.3. The summed E-state index contributed by atoms with van der Waals surface area (Å²) in [6, 6.07) is 12.4. The smallest absolute Gasteiger partial charge is 0.191 e. The number of nitrogens with zero attached hydrogens (tertiary/aromatic N) is 4. The highest BCUT2D eigenvalue weighted by molar-refractivity contribution is 7.98. The summed E-state index contributed by atoms with van der Waals surface area (Å²) in [5, 5.41) is 12.8. The average molecular weight is 489 g/mol. The van der Waals surface area contributed by atoms with Crippen LogP contribution in [0.15, 0.2) is 53.0 Å². The molecule has 2 aromatic heterocycles. The molecule has 0 N–H and O–H groups in total. The Bertz CT molecular complexity index is 1230. The summed E-state index contributed by atoms with van der Waals surface area (Å²) in [4.78, 5) is 4.78. The van der Waals surface area contributed by atoms with Gasteiger partial charge in [0.15, 0.2) is 17.1 Å². The number of aryl methyl sites for hydroxylation is 1. The van der Waals surface area contributed by atoms with E-state index in [0.29, 0.717) is 23.9 Å². The number of thiazole rings is 1. The highest BCUT2D eigenvalue weighted by Crippen LogP contribution is 2.32. The largest absolute Gasteiger partial charge is 0.481 e. The van der Waals surface area contributed by atoms with Gasteiger partial charge in [-0.25, -0.2) is 9.37 Å². The molecule has 0 aliphatic heterocycles. The van der Waals surface area contributed by atoms with Crippen LogP contribution >= 0.6 is 34.7 Å². The van der Waals surface area contributed by atoms with E-state index < -0.39 is 11.9 Å². The van der Waals surface area contributed by atoms with E-state index in [-0.39, 0.29) is 5.02 Å². The zero-order valence-corrected chi connectivity index (χ0v) is 20.3. The number of benzene rings is 2. The van der Waals surface area contributed by atoms with Crippen LogP contribution in [0.5, 0.6) is 5.75 Å². The van der Waals surface area contributed by atoms with E-state index in [4.69, 9.17) is 21.3 Å². The summed E-state index contributed by atoms with van der Waals surface area (Å²) in [6.07, 6.45) is -0.396. The van der Waals surface area contributed by atoms with E-state index in [0.717, 1.165) is 21.4 Å². The molecule has 2 heterocycles. The van der Waals surface area contributed by atoms with Crippen molar-refractivity contribution in [1.29, 1.82) is 0 Å². The molecule has 2 aromatic carbocycles. The minimum absolute atomic E-state index is 0.224. The van der Waals surface area contributed by atoms with E-state index in [2.05, 4.69) is 40.7 Å². The number of rotatable bonds is 8. The van der Waals surface area contributed by atoms with Gasteiger partial charge in [-0.2, -0.15) is 0 Å². The monoisotopic (exact) mass is 488 g/mol. The van der Waals surface area contributed by atoms with Gasteiger partial charge < -0.3 is 9.30 Å². The number of ether oxygens (including phenoxy) is 1. The molecule has 0 amide bonds. The quantitative estimate of drug-likeness (QED) is 0.251. The minimum atomic E-state index is -0.405. The molecule has 0 bridgehead atoms. The lowest BCUT2D eigenvalue weighted by molar-refractivity contribution is 0.210. The highest BCUT2D eigenvalue weighted by atomic mass is 35.5. The molecule has 0 spiro atoms. The lowest BCUT2D eigenvalue weighted by Crippen LogP contribution is -2.12. The second kappa shape index (κ2) is 10.0. The Kier molecular flexibility index (Phi) is 7.13. The normalized spacial score (nSPS) is 12.2. The molecule has 0 radical (unpaired) electrons. The number of thioether (sulfide) groups is 1. The van der Waals surface area contributed by atoms with Crippen LogP contribution in [-0.4, -0.2) is 19.7 Å². The second-order valence-electron chi connectivity index (χ2n) is 7.22. The molecular weight excluding hydrogens is 467 g/mol. The lowest BCUT2D eigenvalue weighted by atomic mass is 10.1. The average Bonchev–Trinajstić information content (AvgIpc) is 3.41. The van der Waals surface area contributed by atoms with Gasteiger partial charge in [0.1, 0.15) is 16.6 Å². The number of aromatic nitrogens is 4. The Morgan fingerprint density at radius 1 is 1.22 bits per heavy atom. The van der Waals surface area contributed by atoms with Gasteiger partial charge in [0.05, 0.1) is 10.7 Å². The van der Waals surface area contributed by atoms with Gasteiger partial charge >= 0.3 is 0 Å². The van der Waals surface area contributed by atoms with Crippen molar-refractivity contribution in [2.75, 3.05) is 0 Å².